The maximum Gasteiger partial charge on any atom is 0.151 e. The second-order valence-corrected chi connectivity index (χ2v) is 5.10. The van der Waals surface area contributed by atoms with Crippen molar-refractivity contribution in [3.8, 4) is 6.07 Å². The number of anilines is 2. The molecule has 24 heavy (non-hydrogen) atoms. The molecule has 0 aliphatic rings. The van der Waals surface area contributed by atoms with Crippen molar-refractivity contribution < 1.29 is 0 Å². The van der Waals surface area contributed by atoms with E-state index in [0.717, 1.165) is 22.5 Å². The van der Waals surface area contributed by atoms with Crippen LogP contribution in [0.3, 0.4) is 0 Å². The van der Waals surface area contributed by atoms with Crippen molar-refractivity contribution in [1.29, 1.82) is 5.26 Å². The summed E-state index contributed by atoms with van der Waals surface area (Å²) in [7, 11) is 0. The lowest BCUT2D eigenvalue weighted by atomic mass is 10.1. The summed E-state index contributed by atoms with van der Waals surface area (Å²) < 4.78 is 0. The average molecular weight is 320 g/mol. The van der Waals surface area contributed by atoms with Crippen LogP contribution < -0.4 is 10.6 Å². The predicted octanol–water partition coefficient (Wildman–Crippen LogP) is 5.13. The van der Waals surface area contributed by atoms with Gasteiger partial charge in [-0.3, -0.25) is 0 Å². The van der Waals surface area contributed by atoms with Crippen molar-refractivity contribution in [2.24, 2.45) is 0 Å². The highest BCUT2D eigenvalue weighted by molar-refractivity contribution is 5.68. The number of nitriles is 1. The molecule has 0 atom stereocenters. The summed E-state index contributed by atoms with van der Waals surface area (Å²) >= 11 is 0. The number of rotatable bonds is 7. The standard InChI is InChI=1S/C20H24N4/c1-7-11-16(9-3)22-19-15(6)14(5)18(13-21)20(24-19)23-17(10-4)12-8-2/h7-12H,2,4H2,1,3,5-6H3,(H2,22,23,24)/b11-7-,16-9+,17-12+. The zero-order valence-corrected chi connectivity index (χ0v) is 14.8. The zero-order chi connectivity index (χ0) is 18.1. The maximum absolute atomic E-state index is 9.50. The molecule has 124 valence electrons. The van der Waals surface area contributed by atoms with Gasteiger partial charge in [-0.15, -0.1) is 0 Å². The Kier molecular flexibility index (Phi) is 7.25. The summed E-state index contributed by atoms with van der Waals surface area (Å²) in [6, 6.07) is 2.23. The van der Waals surface area contributed by atoms with Crippen LogP contribution in [-0.2, 0) is 0 Å². The summed E-state index contributed by atoms with van der Waals surface area (Å²) in [5.41, 5.74) is 4.00. The van der Waals surface area contributed by atoms with Gasteiger partial charge in [0.15, 0.2) is 5.82 Å². The predicted molar refractivity (Wildman–Crippen MR) is 103 cm³/mol. The lowest BCUT2D eigenvalue weighted by Gasteiger charge is -2.17. The zero-order valence-electron chi connectivity index (χ0n) is 14.8. The Morgan fingerprint density at radius 2 is 1.75 bits per heavy atom. The molecule has 0 saturated carbocycles. The Hall–Kier alpha value is -3.06. The number of nitrogens with one attached hydrogen (secondary N) is 2. The molecule has 2 N–H and O–H groups in total. The lowest BCUT2D eigenvalue weighted by molar-refractivity contribution is 1.17. The fourth-order valence-electron chi connectivity index (χ4n) is 2.09. The quantitative estimate of drug-likeness (QED) is 0.684. The molecule has 1 heterocycles. The molecule has 1 aromatic rings. The summed E-state index contributed by atoms with van der Waals surface area (Å²) in [6.07, 6.45) is 11.0. The van der Waals surface area contributed by atoms with E-state index in [1.54, 1.807) is 18.2 Å². The molecule has 1 aromatic heterocycles. The smallest absolute Gasteiger partial charge is 0.151 e. The van der Waals surface area contributed by atoms with Gasteiger partial charge in [-0.25, -0.2) is 4.98 Å². The van der Waals surface area contributed by atoms with Crippen molar-refractivity contribution in [2.45, 2.75) is 27.7 Å². The largest absolute Gasteiger partial charge is 0.340 e. The number of pyridine rings is 1. The van der Waals surface area contributed by atoms with Crippen molar-refractivity contribution in [2.75, 3.05) is 10.6 Å². The van der Waals surface area contributed by atoms with Crippen molar-refractivity contribution in [3.05, 3.63) is 77.7 Å². The van der Waals surface area contributed by atoms with Gasteiger partial charge in [0.2, 0.25) is 0 Å². The fraction of sp³-hybridized carbons (Fsp3) is 0.200. The van der Waals surface area contributed by atoms with Gasteiger partial charge in [-0.05, 0) is 57.0 Å². The molecule has 0 fully saturated rings. The van der Waals surface area contributed by atoms with Gasteiger partial charge in [0.05, 0.1) is 5.56 Å². The molecule has 0 amide bonds. The van der Waals surface area contributed by atoms with E-state index in [-0.39, 0.29) is 0 Å². The first-order chi connectivity index (χ1) is 11.5. The molecule has 4 heteroatoms. The van der Waals surface area contributed by atoms with Crippen LogP contribution in [0.2, 0.25) is 0 Å². The van der Waals surface area contributed by atoms with E-state index in [2.05, 4.69) is 34.8 Å². The first kappa shape index (κ1) is 19.0. The molecule has 0 spiro atoms. The van der Waals surface area contributed by atoms with Crippen LogP contribution in [0.25, 0.3) is 0 Å². The first-order valence-corrected chi connectivity index (χ1v) is 7.71. The van der Waals surface area contributed by atoms with Gasteiger partial charge in [0.1, 0.15) is 11.9 Å². The van der Waals surface area contributed by atoms with Gasteiger partial charge < -0.3 is 10.6 Å². The Morgan fingerprint density at radius 3 is 2.25 bits per heavy atom. The highest BCUT2D eigenvalue weighted by Crippen LogP contribution is 2.27. The first-order valence-electron chi connectivity index (χ1n) is 7.71. The molecular weight excluding hydrogens is 296 g/mol. The van der Waals surface area contributed by atoms with E-state index in [9.17, 15) is 5.26 Å². The Morgan fingerprint density at radius 1 is 1.08 bits per heavy atom. The molecular formula is C20H24N4. The molecule has 0 aliphatic carbocycles. The fourth-order valence-corrected chi connectivity index (χ4v) is 2.09. The summed E-state index contributed by atoms with van der Waals surface area (Å²) in [4.78, 5) is 4.60. The topological polar surface area (TPSA) is 60.7 Å². The molecule has 1 rings (SSSR count). The van der Waals surface area contributed by atoms with Crippen LogP contribution in [0.1, 0.15) is 30.5 Å². The third-order valence-electron chi connectivity index (χ3n) is 3.56. The third-order valence-corrected chi connectivity index (χ3v) is 3.56. The molecule has 0 aliphatic heterocycles. The molecule has 0 bridgehead atoms. The van der Waals surface area contributed by atoms with E-state index >= 15 is 0 Å². The molecule has 0 radical (unpaired) electrons. The van der Waals surface area contributed by atoms with Crippen LogP contribution in [0.5, 0.6) is 0 Å². The maximum atomic E-state index is 9.50. The number of hydrogen-bond acceptors (Lipinski definition) is 4. The minimum atomic E-state index is 0.493. The second kappa shape index (κ2) is 9.16. The molecule has 0 aromatic carbocycles. The Bertz CT molecular complexity index is 759. The number of allylic oxidation sites excluding steroid dienone is 6. The molecule has 4 nitrogen and oxygen atoms in total. The second-order valence-electron chi connectivity index (χ2n) is 5.10. The minimum Gasteiger partial charge on any atom is -0.340 e. The Labute approximate surface area is 144 Å². The third kappa shape index (κ3) is 4.47. The van der Waals surface area contributed by atoms with Crippen LogP contribution in [-0.4, -0.2) is 4.98 Å². The van der Waals surface area contributed by atoms with Crippen LogP contribution in [0.4, 0.5) is 11.6 Å². The van der Waals surface area contributed by atoms with Gasteiger partial charge in [0, 0.05) is 11.4 Å². The number of nitrogens with zero attached hydrogens (tertiary/aromatic N) is 2. The van der Waals surface area contributed by atoms with E-state index in [0.29, 0.717) is 17.2 Å². The van der Waals surface area contributed by atoms with Crippen molar-refractivity contribution >= 4 is 11.6 Å². The minimum absolute atomic E-state index is 0.493. The Balaban J connectivity index is 3.43. The van der Waals surface area contributed by atoms with Crippen LogP contribution in [0, 0.1) is 25.2 Å². The van der Waals surface area contributed by atoms with Crippen LogP contribution in [0.15, 0.2) is 61.0 Å². The normalized spacial score (nSPS) is 12.0. The van der Waals surface area contributed by atoms with Crippen molar-refractivity contribution in [3.63, 3.8) is 0 Å². The van der Waals surface area contributed by atoms with Gasteiger partial charge in [0.25, 0.3) is 0 Å². The summed E-state index contributed by atoms with van der Waals surface area (Å²) in [6.45, 7) is 15.2. The van der Waals surface area contributed by atoms with Gasteiger partial charge >= 0.3 is 0 Å². The number of aromatic nitrogens is 1. The summed E-state index contributed by atoms with van der Waals surface area (Å²) in [5, 5.41) is 15.9. The van der Waals surface area contributed by atoms with E-state index < -0.39 is 0 Å². The van der Waals surface area contributed by atoms with E-state index in [1.807, 2.05) is 45.9 Å². The lowest BCUT2D eigenvalue weighted by Crippen LogP contribution is -2.09. The molecule has 0 unspecified atom stereocenters. The van der Waals surface area contributed by atoms with E-state index in [1.165, 1.54) is 0 Å². The van der Waals surface area contributed by atoms with Gasteiger partial charge in [-0.1, -0.05) is 31.4 Å². The number of hydrogen-bond donors (Lipinski definition) is 2. The highest BCUT2D eigenvalue weighted by Gasteiger charge is 2.15. The van der Waals surface area contributed by atoms with E-state index in [4.69, 9.17) is 0 Å². The SMILES string of the molecule is C=C/C=C(\C=C)Nc1nc(NC(/C=C\C)=C/C)c(C)c(C)c1C#N. The van der Waals surface area contributed by atoms with Crippen molar-refractivity contribution in [1.82, 2.24) is 4.98 Å². The monoisotopic (exact) mass is 320 g/mol. The molecule has 0 saturated heterocycles. The summed E-state index contributed by atoms with van der Waals surface area (Å²) in [5.74, 6) is 1.20. The highest BCUT2D eigenvalue weighted by atomic mass is 15.1. The average Bonchev–Trinajstić information content (AvgIpc) is 2.58. The van der Waals surface area contributed by atoms with Crippen LogP contribution >= 0.6 is 0 Å². The van der Waals surface area contributed by atoms with Gasteiger partial charge in [-0.2, -0.15) is 5.26 Å².